The van der Waals surface area contributed by atoms with Gasteiger partial charge in [-0.25, -0.2) is 4.68 Å². The van der Waals surface area contributed by atoms with Crippen molar-refractivity contribution in [2.24, 2.45) is 0 Å². The molecule has 2 aromatic carbocycles. The maximum absolute atomic E-state index is 12.8. The van der Waals surface area contributed by atoms with Gasteiger partial charge in [0.25, 0.3) is 5.91 Å². The third-order valence-electron chi connectivity index (χ3n) is 4.94. The number of rotatable bonds is 7. The van der Waals surface area contributed by atoms with E-state index in [0.717, 1.165) is 30.6 Å². The van der Waals surface area contributed by atoms with E-state index in [0.29, 0.717) is 17.1 Å². The van der Waals surface area contributed by atoms with Gasteiger partial charge in [0.05, 0.1) is 23.1 Å². The zero-order chi connectivity index (χ0) is 20.1. The molecule has 0 saturated carbocycles. The molecule has 1 heterocycles. The molecule has 1 aromatic heterocycles. The zero-order valence-corrected chi connectivity index (χ0v) is 17.4. The summed E-state index contributed by atoms with van der Waals surface area (Å²) in [5.74, 6) is -0.0764. The van der Waals surface area contributed by atoms with Crippen molar-refractivity contribution >= 4 is 17.5 Å². The van der Waals surface area contributed by atoms with E-state index in [1.54, 1.807) is 6.20 Å². The van der Waals surface area contributed by atoms with Crippen molar-refractivity contribution in [1.82, 2.24) is 15.1 Å². The molecule has 0 aliphatic rings. The minimum atomic E-state index is -0.0764. The number of carbonyl (C=O) groups is 1. The second-order valence-corrected chi connectivity index (χ2v) is 7.50. The number of amides is 1. The Morgan fingerprint density at radius 2 is 1.82 bits per heavy atom. The smallest absolute Gasteiger partial charge is 0.254 e. The second kappa shape index (κ2) is 9.07. The first kappa shape index (κ1) is 20.2. The topological polar surface area (TPSA) is 46.9 Å². The molecule has 0 aliphatic carbocycles. The van der Waals surface area contributed by atoms with Gasteiger partial charge in [0.15, 0.2) is 0 Å². The average molecular weight is 396 g/mol. The van der Waals surface area contributed by atoms with Crippen molar-refractivity contribution in [2.45, 2.75) is 40.0 Å². The van der Waals surface area contributed by atoms with Crippen LogP contribution in [-0.2, 0) is 12.8 Å². The normalized spacial score (nSPS) is 10.9. The summed E-state index contributed by atoms with van der Waals surface area (Å²) in [6.07, 6.45) is 4.18. The highest BCUT2D eigenvalue weighted by Gasteiger charge is 2.17. The molecule has 28 heavy (non-hydrogen) atoms. The summed E-state index contributed by atoms with van der Waals surface area (Å²) in [6, 6.07) is 13.9. The Morgan fingerprint density at radius 1 is 1.07 bits per heavy atom. The molecule has 1 amide bonds. The molecule has 0 fully saturated rings. The predicted molar refractivity (Wildman–Crippen MR) is 115 cm³/mol. The molecule has 0 bridgehead atoms. The van der Waals surface area contributed by atoms with Gasteiger partial charge in [-0.15, -0.1) is 0 Å². The lowest BCUT2D eigenvalue weighted by Gasteiger charge is -2.10. The quantitative estimate of drug-likeness (QED) is 0.607. The Labute approximate surface area is 171 Å². The maximum Gasteiger partial charge on any atom is 0.254 e. The molecular formula is C23H26ClN3O. The van der Waals surface area contributed by atoms with Gasteiger partial charge in [0.2, 0.25) is 0 Å². The van der Waals surface area contributed by atoms with Crippen LogP contribution >= 0.6 is 11.6 Å². The number of carbonyl (C=O) groups excluding carboxylic acids is 1. The number of benzene rings is 2. The van der Waals surface area contributed by atoms with Gasteiger partial charge >= 0.3 is 0 Å². The number of hydrogen-bond donors (Lipinski definition) is 1. The van der Waals surface area contributed by atoms with Crippen molar-refractivity contribution < 1.29 is 4.79 Å². The van der Waals surface area contributed by atoms with Gasteiger partial charge in [0.1, 0.15) is 0 Å². The van der Waals surface area contributed by atoms with Crippen molar-refractivity contribution in [3.63, 3.8) is 0 Å². The highest BCUT2D eigenvalue weighted by Crippen LogP contribution is 2.19. The molecule has 3 aromatic rings. The third kappa shape index (κ3) is 4.63. The van der Waals surface area contributed by atoms with E-state index in [9.17, 15) is 4.79 Å². The second-order valence-electron chi connectivity index (χ2n) is 7.07. The molecule has 0 aliphatic heterocycles. The van der Waals surface area contributed by atoms with Crippen LogP contribution in [0.15, 0.2) is 48.7 Å². The fourth-order valence-electron chi connectivity index (χ4n) is 3.22. The van der Waals surface area contributed by atoms with Crippen LogP contribution in [0.1, 0.15) is 46.1 Å². The minimum Gasteiger partial charge on any atom is -0.352 e. The van der Waals surface area contributed by atoms with Gasteiger partial charge in [0, 0.05) is 11.6 Å². The van der Waals surface area contributed by atoms with Gasteiger partial charge < -0.3 is 5.32 Å². The van der Waals surface area contributed by atoms with Gasteiger partial charge in [-0.3, -0.25) is 4.79 Å². The molecule has 5 heteroatoms. The van der Waals surface area contributed by atoms with Crippen LogP contribution in [0.25, 0.3) is 5.69 Å². The summed E-state index contributed by atoms with van der Waals surface area (Å²) in [5, 5.41) is 8.17. The fraction of sp³-hybridized carbons (Fsp3) is 0.304. The van der Waals surface area contributed by atoms with E-state index in [4.69, 9.17) is 11.6 Å². The maximum atomic E-state index is 12.8. The van der Waals surface area contributed by atoms with Crippen LogP contribution in [0.4, 0.5) is 0 Å². The van der Waals surface area contributed by atoms with Crippen molar-refractivity contribution in [3.05, 3.63) is 81.6 Å². The van der Waals surface area contributed by atoms with Crippen LogP contribution in [0.3, 0.4) is 0 Å². The lowest BCUT2D eigenvalue weighted by atomic mass is 10.0. The standard InChI is InChI=1S/C23H26ClN3O/c1-4-5-22-21(15-26-27(22)20-10-8-19(24)9-11-20)23(28)25-13-12-18-7-6-16(2)17(3)14-18/h6-11,14-15H,4-5,12-13H2,1-3H3,(H,25,28). The highest BCUT2D eigenvalue weighted by molar-refractivity contribution is 6.30. The number of nitrogens with zero attached hydrogens (tertiary/aromatic N) is 2. The van der Waals surface area contributed by atoms with Crippen molar-refractivity contribution in [3.8, 4) is 5.69 Å². The summed E-state index contributed by atoms with van der Waals surface area (Å²) >= 11 is 5.99. The molecule has 0 atom stereocenters. The van der Waals surface area contributed by atoms with Gasteiger partial charge in [-0.05, 0) is 67.6 Å². The number of aromatic nitrogens is 2. The molecule has 0 saturated heterocycles. The Bertz CT molecular complexity index is 960. The van der Waals surface area contributed by atoms with Crippen molar-refractivity contribution in [2.75, 3.05) is 6.54 Å². The average Bonchev–Trinajstić information content (AvgIpc) is 3.09. The summed E-state index contributed by atoms with van der Waals surface area (Å²) in [6.45, 7) is 6.91. The SMILES string of the molecule is CCCc1c(C(=O)NCCc2ccc(C)c(C)c2)cnn1-c1ccc(Cl)cc1. The molecule has 0 unspecified atom stereocenters. The highest BCUT2D eigenvalue weighted by atomic mass is 35.5. The molecule has 0 spiro atoms. The lowest BCUT2D eigenvalue weighted by Crippen LogP contribution is -2.26. The first-order valence-corrected chi connectivity index (χ1v) is 10.0. The summed E-state index contributed by atoms with van der Waals surface area (Å²) in [7, 11) is 0. The van der Waals surface area contributed by atoms with Crippen LogP contribution in [0, 0.1) is 13.8 Å². The Kier molecular flexibility index (Phi) is 6.53. The van der Waals surface area contributed by atoms with Crippen LogP contribution in [0.5, 0.6) is 0 Å². The summed E-state index contributed by atoms with van der Waals surface area (Å²) in [4.78, 5) is 12.8. The lowest BCUT2D eigenvalue weighted by molar-refractivity contribution is 0.0953. The first-order valence-electron chi connectivity index (χ1n) is 9.66. The van der Waals surface area contributed by atoms with E-state index in [1.165, 1.54) is 16.7 Å². The van der Waals surface area contributed by atoms with E-state index < -0.39 is 0 Å². The van der Waals surface area contributed by atoms with E-state index in [2.05, 4.69) is 49.4 Å². The Hall–Kier alpha value is -2.59. The van der Waals surface area contributed by atoms with Crippen LogP contribution in [0.2, 0.25) is 5.02 Å². The Balaban J connectivity index is 1.72. The molecule has 4 nitrogen and oxygen atoms in total. The van der Waals surface area contributed by atoms with E-state index in [-0.39, 0.29) is 5.91 Å². The number of hydrogen-bond acceptors (Lipinski definition) is 2. The predicted octanol–water partition coefficient (Wildman–Crippen LogP) is 5.07. The first-order chi connectivity index (χ1) is 13.5. The number of nitrogens with one attached hydrogen (secondary N) is 1. The largest absolute Gasteiger partial charge is 0.352 e. The van der Waals surface area contributed by atoms with Gasteiger partial charge in [-0.2, -0.15) is 5.10 Å². The van der Waals surface area contributed by atoms with Crippen LogP contribution in [-0.4, -0.2) is 22.2 Å². The third-order valence-corrected chi connectivity index (χ3v) is 5.19. The van der Waals surface area contributed by atoms with Crippen LogP contribution < -0.4 is 5.32 Å². The molecular weight excluding hydrogens is 370 g/mol. The molecule has 3 rings (SSSR count). The monoisotopic (exact) mass is 395 g/mol. The minimum absolute atomic E-state index is 0.0764. The number of halogens is 1. The van der Waals surface area contributed by atoms with E-state index in [1.807, 2.05) is 28.9 Å². The Morgan fingerprint density at radius 3 is 2.50 bits per heavy atom. The molecule has 146 valence electrons. The fourth-order valence-corrected chi connectivity index (χ4v) is 3.35. The van der Waals surface area contributed by atoms with E-state index >= 15 is 0 Å². The summed E-state index contributed by atoms with van der Waals surface area (Å²) in [5.41, 5.74) is 6.26. The summed E-state index contributed by atoms with van der Waals surface area (Å²) < 4.78 is 1.83. The zero-order valence-electron chi connectivity index (χ0n) is 16.6. The molecule has 0 radical (unpaired) electrons. The molecule has 1 N–H and O–H groups in total. The van der Waals surface area contributed by atoms with Gasteiger partial charge in [-0.1, -0.05) is 43.1 Å². The number of aryl methyl sites for hydroxylation is 2. The van der Waals surface area contributed by atoms with Crippen molar-refractivity contribution in [1.29, 1.82) is 0 Å².